The Morgan fingerprint density at radius 3 is 2.73 bits per heavy atom. The number of hydrogen-bond acceptors (Lipinski definition) is 3. The van der Waals surface area contributed by atoms with Gasteiger partial charge in [0.05, 0.1) is 0 Å². The number of rotatable bonds is 6. The Labute approximate surface area is 70.4 Å². The van der Waals surface area contributed by atoms with Crippen molar-refractivity contribution >= 4 is 10.8 Å². The van der Waals surface area contributed by atoms with Gasteiger partial charge in [-0.1, -0.05) is 6.92 Å². The fourth-order valence-corrected chi connectivity index (χ4v) is 2.08. The van der Waals surface area contributed by atoms with Gasteiger partial charge < -0.3 is 10.8 Å². The molecule has 3 N–H and O–H groups in total. The minimum atomic E-state index is -0.790. The van der Waals surface area contributed by atoms with Crippen LogP contribution in [0, 0.1) is 5.92 Å². The van der Waals surface area contributed by atoms with E-state index in [1.807, 2.05) is 6.92 Å². The van der Waals surface area contributed by atoms with E-state index < -0.39 is 10.8 Å². The zero-order valence-electron chi connectivity index (χ0n) is 6.95. The molecule has 11 heavy (non-hydrogen) atoms. The van der Waals surface area contributed by atoms with Gasteiger partial charge in [0, 0.05) is 28.9 Å². The van der Waals surface area contributed by atoms with Gasteiger partial charge in [-0.25, -0.2) is 0 Å². The van der Waals surface area contributed by atoms with Gasteiger partial charge in [-0.05, 0) is 18.9 Å². The quantitative estimate of drug-likeness (QED) is 0.589. The molecular weight excluding hydrogens is 162 g/mol. The van der Waals surface area contributed by atoms with Gasteiger partial charge in [-0.15, -0.1) is 0 Å². The van der Waals surface area contributed by atoms with E-state index in [9.17, 15) is 4.21 Å². The monoisotopic (exact) mass is 179 g/mol. The Bertz CT molecular complexity index is 119. The topological polar surface area (TPSA) is 63.3 Å². The molecule has 3 nitrogen and oxygen atoms in total. The molecule has 4 heteroatoms. The molecule has 0 bridgehead atoms. The average Bonchev–Trinajstić information content (AvgIpc) is 2.00. The molecule has 0 amide bonds. The Morgan fingerprint density at radius 1 is 1.64 bits per heavy atom. The highest BCUT2D eigenvalue weighted by atomic mass is 32.2. The zero-order valence-corrected chi connectivity index (χ0v) is 7.77. The lowest BCUT2D eigenvalue weighted by atomic mass is 10.2. The van der Waals surface area contributed by atoms with Crippen molar-refractivity contribution in [3.8, 4) is 0 Å². The molecule has 0 aliphatic rings. The van der Waals surface area contributed by atoms with Crippen molar-refractivity contribution < 1.29 is 9.32 Å². The van der Waals surface area contributed by atoms with E-state index in [4.69, 9.17) is 10.8 Å². The minimum absolute atomic E-state index is 0.128. The number of hydrogen-bond donors (Lipinski definition) is 2. The molecule has 0 aliphatic carbocycles. The molecule has 68 valence electrons. The average molecular weight is 179 g/mol. The van der Waals surface area contributed by atoms with Crippen molar-refractivity contribution in [3.05, 3.63) is 0 Å². The van der Waals surface area contributed by atoms with E-state index in [0.29, 0.717) is 30.4 Å². The van der Waals surface area contributed by atoms with Crippen LogP contribution in [0.25, 0.3) is 0 Å². The third kappa shape index (κ3) is 6.47. The predicted octanol–water partition coefficient (Wildman–Crippen LogP) is -0.288. The van der Waals surface area contributed by atoms with Crippen molar-refractivity contribution in [2.24, 2.45) is 11.7 Å². The maximum atomic E-state index is 11.1. The van der Waals surface area contributed by atoms with Gasteiger partial charge in [-0.2, -0.15) is 0 Å². The summed E-state index contributed by atoms with van der Waals surface area (Å²) in [4.78, 5) is 0. The number of aliphatic hydroxyl groups excluding tert-OH is 1. The van der Waals surface area contributed by atoms with Crippen LogP contribution in [0.2, 0.25) is 0 Å². The third-order valence-corrected chi connectivity index (χ3v) is 3.09. The van der Waals surface area contributed by atoms with E-state index in [1.165, 1.54) is 0 Å². The summed E-state index contributed by atoms with van der Waals surface area (Å²) in [5.41, 5.74) is 5.37. The SMILES string of the molecule is CC(CN)CS(=O)CCCO. The van der Waals surface area contributed by atoms with Crippen LogP contribution < -0.4 is 5.73 Å². The van der Waals surface area contributed by atoms with Crippen molar-refractivity contribution in [1.82, 2.24) is 0 Å². The van der Waals surface area contributed by atoms with Crippen molar-refractivity contribution in [2.45, 2.75) is 13.3 Å². The van der Waals surface area contributed by atoms with Gasteiger partial charge in [0.15, 0.2) is 0 Å². The second-order valence-corrected chi connectivity index (χ2v) is 4.35. The predicted molar refractivity (Wildman–Crippen MR) is 47.8 cm³/mol. The number of nitrogens with two attached hydrogens (primary N) is 1. The molecule has 0 aliphatic heterocycles. The highest BCUT2D eigenvalue weighted by molar-refractivity contribution is 7.84. The Morgan fingerprint density at radius 2 is 2.27 bits per heavy atom. The highest BCUT2D eigenvalue weighted by Crippen LogP contribution is 1.96. The first-order valence-electron chi connectivity index (χ1n) is 3.86. The van der Waals surface area contributed by atoms with Gasteiger partial charge in [-0.3, -0.25) is 4.21 Å². The van der Waals surface area contributed by atoms with E-state index >= 15 is 0 Å². The van der Waals surface area contributed by atoms with Crippen molar-refractivity contribution in [2.75, 3.05) is 24.7 Å². The molecule has 0 spiro atoms. The molecule has 2 unspecified atom stereocenters. The van der Waals surface area contributed by atoms with Crippen LogP contribution >= 0.6 is 0 Å². The molecule has 0 fully saturated rings. The first-order valence-corrected chi connectivity index (χ1v) is 5.35. The van der Waals surface area contributed by atoms with Gasteiger partial charge >= 0.3 is 0 Å². The molecule has 0 saturated carbocycles. The van der Waals surface area contributed by atoms with Gasteiger partial charge in [0.1, 0.15) is 0 Å². The second kappa shape index (κ2) is 6.76. The first kappa shape index (κ1) is 11.1. The summed E-state index contributed by atoms with van der Waals surface area (Å²) >= 11 is 0. The molecule has 0 rings (SSSR count). The fourth-order valence-electron chi connectivity index (χ4n) is 0.694. The lowest BCUT2D eigenvalue weighted by molar-refractivity contribution is 0.296. The van der Waals surface area contributed by atoms with Crippen LogP contribution in [0.3, 0.4) is 0 Å². The van der Waals surface area contributed by atoms with Crippen molar-refractivity contribution in [3.63, 3.8) is 0 Å². The summed E-state index contributed by atoms with van der Waals surface area (Å²) in [5, 5.41) is 8.45. The fraction of sp³-hybridized carbons (Fsp3) is 1.00. The summed E-state index contributed by atoms with van der Waals surface area (Å²) in [6.07, 6.45) is 0.629. The molecule has 0 saturated heterocycles. The molecule has 2 atom stereocenters. The van der Waals surface area contributed by atoms with Crippen LogP contribution in [0.5, 0.6) is 0 Å². The summed E-state index contributed by atoms with van der Waals surface area (Å²) in [6.45, 7) is 2.70. The van der Waals surface area contributed by atoms with Gasteiger partial charge in [0.2, 0.25) is 0 Å². The third-order valence-electron chi connectivity index (χ3n) is 1.40. The van der Waals surface area contributed by atoms with Crippen molar-refractivity contribution in [1.29, 1.82) is 0 Å². The highest BCUT2D eigenvalue weighted by Gasteiger charge is 2.04. The molecule has 0 heterocycles. The minimum Gasteiger partial charge on any atom is -0.396 e. The second-order valence-electron chi connectivity index (χ2n) is 2.73. The summed E-state index contributed by atoms with van der Waals surface area (Å²) < 4.78 is 11.1. The maximum absolute atomic E-state index is 11.1. The summed E-state index contributed by atoms with van der Waals surface area (Å²) in [5.74, 6) is 1.59. The largest absolute Gasteiger partial charge is 0.396 e. The molecular formula is C7H17NO2S. The Hall–Kier alpha value is 0.0700. The van der Waals surface area contributed by atoms with Crippen LogP contribution in [0.1, 0.15) is 13.3 Å². The van der Waals surface area contributed by atoms with Crippen LogP contribution in [0.15, 0.2) is 0 Å². The van der Waals surface area contributed by atoms with Crippen LogP contribution in [0.4, 0.5) is 0 Å². The lowest BCUT2D eigenvalue weighted by Gasteiger charge is -2.06. The normalized spacial score (nSPS) is 16.3. The lowest BCUT2D eigenvalue weighted by Crippen LogP contribution is -2.19. The van der Waals surface area contributed by atoms with E-state index in [0.717, 1.165) is 0 Å². The molecule has 0 aromatic rings. The summed E-state index contributed by atoms with van der Waals surface area (Å²) in [6, 6.07) is 0. The maximum Gasteiger partial charge on any atom is 0.0439 e. The van der Waals surface area contributed by atoms with E-state index in [-0.39, 0.29) is 6.61 Å². The smallest absolute Gasteiger partial charge is 0.0439 e. The molecule has 0 radical (unpaired) electrons. The zero-order chi connectivity index (χ0) is 8.69. The molecule has 0 aromatic heterocycles. The van der Waals surface area contributed by atoms with Crippen LogP contribution in [-0.4, -0.2) is 34.0 Å². The van der Waals surface area contributed by atoms with E-state index in [1.54, 1.807) is 0 Å². The van der Waals surface area contributed by atoms with Crippen LogP contribution in [-0.2, 0) is 10.8 Å². The number of aliphatic hydroxyl groups is 1. The molecule has 0 aromatic carbocycles. The standard InChI is InChI=1S/C7H17NO2S/c1-7(5-8)6-11(10)4-2-3-9/h7,9H,2-6,8H2,1H3. The Kier molecular flexibility index (Phi) is 6.80. The Balaban J connectivity index is 3.36. The summed E-state index contributed by atoms with van der Waals surface area (Å²) in [7, 11) is -0.790. The van der Waals surface area contributed by atoms with E-state index in [2.05, 4.69) is 0 Å². The van der Waals surface area contributed by atoms with Gasteiger partial charge in [0.25, 0.3) is 0 Å². The first-order chi connectivity index (χ1) is 5.20.